The third-order valence-electron chi connectivity index (χ3n) is 4.46. The number of anilines is 1. The summed E-state index contributed by atoms with van der Waals surface area (Å²) in [5, 5.41) is 0.636. The summed E-state index contributed by atoms with van der Waals surface area (Å²) in [4.78, 5) is 8.40. The summed E-state index contributed by atoms with van der Waals surface area (Å²) in [5.74, 6) is 6.61. The second-order valence-corrected chi connectivity index (χ2v) is 8.19. The maximum absolute atomic E-state index is 13.3. The van der Waals surface area contributed by atoms with Gasteiger partial charge in [0.1, 0.15) is 10.6 Å². The molecule has 0 spiro atoms. The fourth-order valence-electron chi connectivity index (χ4n) is 3.08. The lowest BCUT2D eigenvalue weighted by molar-refractivity contribution is 0.344. The number of hydrogen-bond acceptors (Lipinski definition) is 5. The fourth-order valence-corrected chi connectivity index (χ4v) is 4.32. The van der Waals surface area contributed by atoms with Crippen molar-refractivity contribution in [3.63, 3.8) is 0 Å². The zero-order chi connectivity index (χ0) is 21.7. The van der Waals surface area contributed by atoms with Crippen LogP contribution in [0.25, 0.3) is 10.9 Å². The van der Waals surface area contributed by atoms with E-state index in [4.69, 9.17) is 4.74 Å². The van der Waals surface area contributed by atoms with E-state index in [0.29, 0.717) is 34.5 Å². The number of pyridine rings is 2. The van der Waals surface area contributed by atoms with Crippen LogP contribution in [0.15, 0.2) is 84.1 Å². The molecule has 0 unspecified atom stereocenters. The summed E-state index contributed by atoms with van der Waals surface area (Å²) in [5.41, 5.74) is 2.02. The molecule has 0 aliphatic carbocycles. The Kier molecular flexibility index (Phi) is 5.83. The first kappa shape index (κ1) is 20.4. The van der Waals surface area contributed by atoms with Crippen molar-refractivity contribution < 1.29 is 13.2 Å². The van der Waals surface area contributed by atoms with E-state index >= 15 is 0 Å². The topological polar surface area (TPSA) is 81.2 Å². The number of aromatic nitrogens is 2. The second-order valence-electron chi connectivity index (χ2n) is 6.54. The molecule has 2 aromatic heterocycles. The average Bonchev–Trinajstić information content (AvgIpc) is 2.79. The number of para-hydroxylation sites is 1. The molecular formula is C24H19N3O3S. The summed E-state index contributed by atoms with van der Waals surface area (Å²) in [6, 6.07) is 17.3. The van der Waals surface area contributed by atoms with Gasteiger partial charge in [0.05, 0.1) is 17.8 Å². The first-order chi connectivity index (χ1) is 15.1. The second kappa shape index (κ2) is 8.86. The van der Waals surface area contributed by atoms with Crippen LogP contribution in [0.3, 0.4) is 0 Å². The normalized spacial score (nSPS) is 10.9. The van der Waals surface area contributed by atoms with Gasteiger partial charge in [-0.3, -0.25) is 14.7 Å². The molecule has 0 bridgehead atoms. The molecule has 4 aromatic rings. The fraction of sp³-hybridized carbons (Fsp3) is 0.0833. The van der Waals surface area contributed by atoms with Gasteiger partial charge in [0.15, 0.2) is 0 Å². The number of rotatable bonds is 5. The minimum absolute atomic E-state index is 0.0709. The van der Waals surface area contributed by atoms with Crippen molar-refractivity contribution in [1.82, 2.24) is 9.97 Å². The largest absolute Gasteiger partial charge is 0.493 e. The predicted molar refractivity (Wildman–Crippen MR) is 120 cm³/mol. The highest BCUT2D eigenvalue weighted by atomic mass is 32.2. The minimum atomic E-state index is -3.93. The van der Waals surface area contributed by atoms with Gasteiger partial charge in [-0.1, -0.05) is 24.0 Å². The number of fused-ring (bicyclic) bond motifs is 1. The first-order valence-corrected chi connectivity index (χ1v) is 11.1. The van der Waals surface area contributed by atoms with E-state index in [1.165, 1.54) is 6.07 Å². The van der Waals surface area contributed by atoms with Crippen LogP contribution in [-0.2, 0) is 10.0 Å². The quantitative estimate of drug-likeness (QED) is 0.480. The molecule has 0 aliphatic rings. The van der Waals surface area contributed by atoms with Gasteiger partial charge < -0.3 is 4.74 Å². The first-order valence-electron chi connectivity index (χ1n) is 9.63. The van der Waals surface area contributed by atoms with Crippen molar-refractivity contribution in [2.75, 3.05) is 11.3 Å². The summed E-state index contributed by atoms with van der Waals surface area (Å²) < 4.78 is 34.8. The molecule has 154 valence electrons. The van der Waals surface area contributed by atoms with Crippen LogP contribution < -0.4 is 9.46 Å². The van der Waals surface area contributed by atoms with Gasteiger partial charge in [-0.2, -0.15) is 0 Å². The molecule has 0 fully saturated rings. The van der Waals surface area contributed by atoms with E-state index < -0.39 is 10.0 Å². The van der Waals surface area contributed by atoms with Crippen LogP contribution in [0.1, 0.15) is 18.1 Å². The molecule has 0 saturated carbocycles. The van der Waals surface area contributed by atoms with Gasteiger partial charge in [0.2, 0.25) is 0 Å². The van der Waals surface area contributed by atoms with E-state index in [0.717, 1.165) is 5.56 Å². The van der Waals surface area contributed by atoms with Crippen LogP contribution in [-0.4, -0.2) is 25.0 Å². The van der Waals surface area contributed by atoms with Crippen LogP contribution in [0.5, 0.6) is 5.75 Å². The summed E-state index contributed by atoms with van der Waals surface area (Å²) in [6.07, 6.45) is 4.88. The van der Waals surface area contributed by atoms with Crippen LogP contribution >= 0.6 is 0 Å². The lowest BCUT2D eigenvalue weighted by Crippen LogP contribution is -2.15. The molecule has 0 amide bonds. The average molecular weight is 430 g/mol. The Morgan fingerprint density at radius 1 is 0.968 bits per heavy atom. The van der Waals surface area contributed by atoms with E-state index in [-0.39, 0.29) is 4.90 Å². The SMILES string of the molecule is CCOc1ccc(S(=O)(=O)Nc2ccccc2C#Cc2cccnc2)c2ncccc12. The lowest BCUT2D eigenvalue weighted by Gasteiger charge is -2.13. The van der Waals surface area contributed by atoms with E-state index in [2.05, 4.69) is 26.5 Å². The van der Waals surface area contributed by atoms with E-state index in [9.17, 15) is 8.42 Å². The van der Waals surface area contributed by atoms with Crippen LogP contribution in [0.2, 0.25) is 0 Å². The van der Waals surface area contributed by atoms with Gasteiger partial charge in [0, 0.05) is 35.1 Å². The van der Waals surface area contributed by atoms with Crippen molar-refractivity contribution in [2.45, 2.75) is 11.8 Å². The Bertz CT molecular complexity index is 1390. The molecule has 0 atom stereocenters. The van der Waals surface area contributed by atoms with Gasteiger partial charge >= 0.3 is 0 Å². The molecule has 6 nitrogen and oxygen atoms in total. The molecule has 7 heteroatoms. The Balaban J connectivity index is 1.73. The molecule has 0 radical (unpaired) electrons. The van der Waals surface area contributed by atoms with E-state index in [1.54, 1.807) is 67.1 Å². The Hall–Kier alpha value is -3.89. The molecule has 2 aromatic carbocycles. The van der Waals surface area contributed by atoms with Gasteiger partial charge in [-0.15, -0.1) is 0 Å². The van der Waals surface area contributed by atoms with Gasteiger partial charge in [-0.25, -0.2) is 8.42 Å². The van der Waals surface area contributed by atoms with Crippen molar-refractivity contribution in [3.05, 3.63) is 90.4 Å². The molecule has 1 N–H and O–H groups in total. The minimum Gasteiger partial charge on any atom is -0.493 e. The molecular weight excluding hydrogens is 410 g/mol. The molecule has 0 saturated heterocycles. The number of nitrogens with one attached hydrogen (secondary N) is 1. The predicted octanol–water partition coefficient (Wildman–Crippen LogP) is 4.23. The third kappa shape index (κ3) is 4.49. The molecule has 4 rings (SSSR count). The number of hydrogen-bond donors (Lipinski definition) is 1. The van der Waals surface area contributed by atoms with Crippen molar-refractivity contribution >= 4 is 26.6 Å². The molecule has 2 heterocycles. The lowest BCUT2D eigenvalue weighted by atomic mass is 10.2. The van der Waals surface area contributed by atoms with Crippen molar-refractivity contribution in [2.24, 2.45) is 0 Å². The smallest absolute Gasteiger partial charge is 0.264 e. The zero-order valence-corrected chi connectivity index (χ0v) is 17.6. The third-order valence-corrected chi connectivity index (χ3v) is 5.85. The molecule has 31 heavy (non-hydrogen) atoms. The van der Waals surface area contributed by atoms with Crippen molar-refractivity contribution in [3.8, 4) is 17.6 Å². The highest BCUT2D eigenvalue weighted by Gasteiger charge is 2.21. The summed E-state index contributed by atoms with van der Waals surface area (Å²) in [7, 11) is -3.93. The summed E-state index contributed by atoms with van der Waals surface area (Å²) in [6.45, 7) is 2.34. The highest BCUT2D eigenvalue weighted by molar-refractivity contribution is 7.93. The Labute approximate surface area is 181 Å². The zero-order valence-electron chi connectivity index (χ0n) is 16.7. The van der Waals surface area contributed by atoms with Crippen LogP contribution in [0.4, 0.5) is 5.69 Å². The van der Waals surface area contributed by atoms with Gasteiger partial charge in [0.25, 0.3) is 10.0 Å². The maximum atomic E-state index is 13.3. The highest BCUT2D eigenvalue weighted by Crippen LogP contribution is 2.31. The Morgan fingerprint density at radius 2 is 1.81 bits per heavy atom. The Morgan fingerprint density at radius 3 is 2.61 bits per heavy atom. The standard InChI is InChI=1S/C24H19N3O3S/c1-2-30-22-13-14-23(24-20(22)9-6-16-26-24)31(28,29)27-21-10-4-3-8-19(21)12-11-18-7-5-15-25-17-18/h3-10,13-17,27H,2H2,1H3. The molecule has 0 aliphatic heterocycles. The summed E-state index contributed by atoms with van der Waals surface area (Å²) >= 11 is 0. The van der Waals surface area contributed by atoms with Crippen LogP contribution in [0, 0.1) is 11.8 Å². The number of sulfonamides is 1. The number of nitrogens with zero attached hydrogens (tertiary/aromatic N) is 2. The number of ether oxygens (including phenoxy) is 1. The monoisotopic (exact) mass is 429 g/mol. The van der Waals surface area contributed by atoms with E-state index in [1.807, 2.05) is 13.0 Å². The number of benzene rings is 2. The van der Waals surface area contributed by atoms with Gasteiger partial charge in [-0.05, 0) is 55.5 Å². The van der Waals surface area contributed by atoms with Crippen molar-refractivity contribution in [1.29, 1.82) is 0 Å². The maximum Gasteiger partial charge on any atom is 0.264 e.